The number of pyridine rings is 1. The van der Waals surface area contributed by atoms with Crippen molar-refractivity contribution < 1.29 is 9.53 Å². The number of aryl methyl sites for hydroxylation is 1. The molecule has 0 spiro atoms. The Bertz CT molecular complexity index is 995. The fourth-order valence-electron chi connectivity index (χ4n) is 2.88. The van der Waals surface area contributed by atoms with Crippen LogP contribution in [0.5, 0.6) is 5.88 Å². The number of hydrogen-bond donors (Lipinski definition) is 1. The number of amides is 1. The van der Waals surface area contributed by atoms with Gasteiger partial charge in [-0.2, -0.15) is 0 Å². The third kappa shape index (κ3) is 5.87. The molecule has 0 bridgehead atoms. The molecule has 0 unspecified atom stereocenters. The number of halogens is 1. The first kappa shape index (κ1) is 22.4. The molecule has 2 aromatic heterocycles. The summed E-state index contributed by atoms with van der Waals surface area (Å²) in [6.07, 6.45) is 2.62. The van der Waals surface area contributed by atoms with Crippen LogP contribution in [0.2, 0.25) is 5.02 Å². The van der Waals surface area contributed by atoms with Gasteiger partial charge in [0.2, 0.25) is 5.88 Å². The van der Waals surface area contributed by atoms with Gasteiger partial charge in [-0.25, -0.2) is 9.97 Å². The average molecular weight is 463 g/mol. The molecule has 2 heterocycles. The summed E-state index contributed by atoms with van der Waals surface area (Å²) in [5.41, 5.74) is 2.50. The summed E-state index contributed by atoms with van der Waals surface area (Å²) < 4.78 is 8.00. The van der Waals surface area contributed by atoms with Gasteiger partial charge in [0.25, 0.3) is 5.91 Å². The first-order valence-electron chi connectivity index (χ1n) is 9.30. The Kier molecular flexibility index (Phi) is 7.95. The molecule has 0 radical (unpaired) electrons. The molecule has 9 heteroatoms. The van der Waals surface area contributed by atoms with Crippen LogP contribution in [0.1, 0.15) is 26.6 Å². The van der Waals surface area contributed by atoms with Crippen LogP contribution in [0.25, 0.3) is 0 Å². The molecule has 3 aromatic rings. The molecule has 6 nitrogen and oxygen atoms in total. The molecule has 30 heavy (non-hydrogen) atoms. The second kappa shape index (κ2) is 10.7. The van der Waals surface area contributed by atoms with Gasteiger partial charge in [-0.1, -0.05) is 41.7 Å². The average Bonchev–Trinajstić information content (AvgIpc) is 3.14. The van der Waals surface area contributed by atoms with E-state index >= 15 is 0 Å². The van der Waals surface area contributed by atoms with Gasteiger partial charge in [-0.05, 0) is 37.1 Å². The molecule has 0 aliphatic carbocycles. The molecule has 158 valence electrons. The van der Waals surface area contributed by atoms with Crippen LogP contribution in [-0.4, -0.2) is 35.8 Å². The highest BCUT2D eigenvalue weighted by Crippen LogP contribution is 2.28. The predicted molar refractivity (Wildman–Crippen MR) is 125 cm³/mol. The minimum Gasteiger partial charge on any atom is -0.481 e. The second-order valence-electron chi connectivity index (χ2n) is 6.51. The lowest BCUT2D eigenvalue weighted by molar-refractivity contribution is 0.0980. The monoisotopic (exact) mass is 462 g/mol. The van der Waals surface area contributed by atoms with Crippen molar-refractivity contribution in [1.82, 2.24) is 14.7 Å². The number of nitrogens with zero attached hydrogens (tertiary/aromatic N) is 3. The maximum atomic E-state index is 12.3. The molecule has 0 aliphatic rings. The third-order valence-corrected chi connectivity index (χ3v) is 6.07. The molecular formula is C21H23ClN4O2S2. The summed E-state index contributed by atoms with van der Waals surface area (Å²) in [7, 11) is 1.60. The maximum absolute atomic E-state index is 12.3. The van der Waals surface area contributed by atoms with E-state index in [1.807, 2.05) is 55.6 Å². The number of benzene rings is 1. The lowest BCUT2D eigenvalue weighted by Crippen LogP contribution is -2.26. The number of nitrogens with one attached hydrogen (secondary N) is 1. The van der Waals surface area contributed by atoms with Gasteiger partial charge >= 0.3 is 0 Å². The number of aromatic nitrogens is 2. The fraction of sp³-hybridized carbons (Fsp3) is 0.286. The number of carbonyl (C=O) groups excluding carboxylic acids is 1. The lowest BCUT2D eigenvalue weighted by atomic mass is 10.1. The lowest BCUT2D eigenvalue weighted by Gasteiger charge is -2.22. The van der Waals surface area contributed by atoms with Crippen molar-refractivity contribution in [2.75, 3.05) is 24.8 Å². The molecule has 1 aromatic carbocycles. The van der Waals surface area contributed by atoms with Gasteiger partial charge in [0.1, 0.15) is 5.69 Å². The Labute approximate surface area is 189 Å². The van der Waals surface area contributed by atoms with E-state index in [-0.39, 0.29) is 5.91 Å². The zero-order valence-corrected chi connectivity index (χ0v) is 19.4. The zero-order valence-electron chi connectivity index (χ0n) is 17.0. The Morgan fingerprint density at radius 1 is 1.23 bits per heavy atom. The smallest absolute Gasteiger partial charge is 0.280 e. The van der Waals surface area contributed by atoms with Crippen LogP contribution in [0.3, 0.4) is 0 Å². The SMILES string of the molecule is COc1cccc(CN(CCc2ccc(Cl)cc2)c2nc(C(=O)NSC)c(C)s2)n1. The van der Waals surface area contributed by atoms with Crippen LogP contribution in [0.4, 0.5) is 5.13 Å². The van der Waals surface area contributed by atoms with Gasteiger partial charge in [-0.15, -0.1) is 11.3 Å². The van der Waals surface area contributed by atoms with Crippen molar-refractivity contribution in [2.24, 2.45) is 0 Å². The summed E-state index contributed by atoms with van der Waals surface area (Å²) in [5.74, 6) is 0.389. The number of thiazole rings is 1. The zero-order chi connectivity index (χ0) is 21.5. The molecule has 0 saturated heterocycles. The molecule has 1 N–H and O–H groups in total. The van der Waals surface area contributed by atoms with Crippen molar-refractivity contribution in [2.45, 2.75) is 19.9 Å². The summed E-state index contributed by atoms with van der Waals surface area (Å²) >= 11 is 8.77. The number of hydrogen-bond acceptors (Lipinski definition) is 7. The van der Waals surface area contributed by atoms with E-state index in [0.29, 0.717) is 18.1 Å². The number of ether oxygens (including phenoxy) is 1. The van der Waals surface area contributed by atoms with Crippen LogP contribution in [0.15, 0.2) is 42.5 Å². The maximum Gasteiger partial charge on any atom is 0.280 e. The van der Waals surface area contributed by atoms with Crippen LogP contribution >= 0.6 is 34.9 Å². The van der Waals surface area contributed by atoms with Crippen molar-refractivity contribution >= 4 is 45.9 Å². The highest BCUT2D eigenvalue weighted by Gasteiger charge is 2.19. The van der Waals surface area contributed by atoms with Crippen LogP contribution in [-0.2, 0) is 13.0 Å². The van der Waals surface area contributed by atoms with E-state index in [1.165, 1.54) is 28.8 Å². The van der Waals surface area contributed by atoms with Crippen molar-refractivity contribution in [3.8, 4) is 5.88 Å². The molecule has 0 saturated carbocycles. The first-order valence-corrected chi connectivity index (χ1v) is 11.7. The van der Waals surface area contributed by atoms with Crippen LogP contribution in [0, 0.1) is 6.92 Å². The summed E-state index contributed by atoms with van der Waals surface area (Å²) in [5, 5.41) is 1.51. The van der Waals surface area contributed by atoms with Crippen molar-refractivity contribution in [1.29, 1.82) is 0 Å². The Morgan fingerprint density at radius 3 is 2.70 bits per heavy atom. The number of rotatable bonds is 9. The quantitative estimate of drug-likeness (QED) is 0.462. The summed E-state index contributed by atoms with van der Waals surface area (Å²) in [6, 6.07) is 13.5. The van der Waals surface area contributed by atoms with Gasteiger partial charge in [-0.3, -0.25) is 9.52 Å². The highest BCUT2D eigenvalue weighted by molar-refractivity contribution is 7.97. The van der Waals surface area contributed by atoms with E-state index in [0.717, 1.165) is 33.7 Å². The number of carbonyl (C=O) groups is 1. The summed E-state index contributed by atoms with van der Waals surface area (Å²) in [6.45, 7) is 3.19. The van der Waals surface area contributed by atoms with E-state index in [4.69, 9.17) is 16.3 Å². The topological polar surface area (TPSA) is 67.3 Å². The van der Waals surface area contributed by atoms with E-state index in [1.54, 1.807) is 7.11 Å². The highest BCUT2D eigenvalue weighted by atomic mass is 35.5. The Hall–Kier alpha value is -2.29. The Balaban J connectivity index is 1.85. The van der Waals surface area contributed by atoms with Crippen molar-refractivity contribution in [3.05, 3.63) is 69.3 Å². The number of anilines is 1. The van der Waals surface area contributed by atoms with E-state index < -0.39 is 0 Å². The van der Waals surface area contributed by atoms with Gasteiger partial charge < -0.3 is 9.64 Å². The fourth-order valence-corrected chi connectivity index (χ4v) is 4.22. The van der Waals surface area contributed by atoms with Gasteiger partial charge in [0.05, 0.1) is 19.3 Å². The second-order valence-corrected chi connectivity index (χ2v) is 8.74. The van der Waals surface area contributed by atoms with Crippen molar-refractivity contribution in [3.63, 3.8) is 0 Å². The molecular weight excluding hydrogens is 440 g/mol. The molecule has 0 aliphatic heterocycles. The minimum atomic E-state index is -0.181. The largest absolute Gasteiger partial charge is 0.481 e. The van der Waals surface area contributed by atoms with Crippen LogP contribution < -0.4 is 14.4 Å². The van der Waals surface area contributed by atoms with E-state index in [2.05, 4.69) is 19.6 Å². The Morgan fingerprint density at radius 2 is 2.00 bits per heavy atom. The molecule has 3 rings (SSSR count). The molecule has 1 amide bonds. The normalized spacial score (nSPS) is 10.7. The van der Waals surface area contributed by atoms with Gasteiger partial charge in [0, 0.05) is 28.8 Å². The molecule has 0 fully saturated rings. The third-order valence-electron chi connectivity index (χ3n) is 4.39. The minimum absolute atomic E-state index is 0.181. The van der Waals surface area contributed by atoms with Gasteiger partial charge in [0.15, 0.2) is 5.13 Å². The number of methoxy groups -OCH3 is 1. The van der Waals surface area contributed by atoms with E-state index in [9.17, 15) is 4.79 Å². The molecule has 0 atom stereocenters. The first-order chi connectivity index (χ1) is 14.5. The standard InChI is InChI=1S/C21H23ClN4O2S2/c1-14-19(20(27)25-29-3)24-21(30-14)26(12-11-15-7-9-16(22)10-8-15)13-17-5-4-6-18(23-17)28-2/h4-10H,11-13H2,1-3H3,(H,25,27). The predicted octanol–water partition coefficient (Wildman–Crippen LogP) is 4.77. The summed E-state index contributed by atoms with van der Waals surface area (Å²) in [4.78, 5) is 24.5.